The number of methoxy groups -OCH3 is 1. The number of esters is 1. The lowest BCUT2D eigenvalue weighted by Crippen LogP contribution is -2.53. The number of carbonyl (C=O) groups excluding carboxylic acids is 4. The van der Waals surface area contributed by atoms with E-state index in [-0.39, 0.29) is 30.4 Å². The number of benzene rings is 1. The Bertz CT molecular complexity index is 978. The molecule has 220 valence electrons. The zero-order chi connectivity index (χ0) is 29.8. The minimum Gasteiger partial charge on any atom is -0.468 e. The fourth-order valence-electron chi connectivity index (χ4n) is 3.61. The summed E-state index contributed by atoms with van der Waals surface area (Å²) in [6, 6.07) is 4.25. The highest BCUT2D eigenvalue weighted by molar-refractivity contribution is 5.81. The minimum atomic E-state index is -1.64. The molecule has 1 rings (SSSR count). The molecule has 12 nitrogen and oxygen atoms in total. The smallest absolute Gasteiger partial charge is 0.468 e. The van der Waals surface area contributed by atoms with Gasteiger partial charge in [-0.2, -0.15) is 0 Å². The van der Waals surface area contributed by atoms with Crippen LogP contribution >= 0.6 is 0 Å². The summed E-state index contributed by atoms with van der Waals surface area (Å²) in [5.74, 6) is -1.04. The van der Waals surface area contributed by atoms with Crippen molar-refractivity contribution >= 4 is 24.4 Å². The average Bonchev–Trinajstić information content (AvgIpc) is 2.78. The molecule has 0 heterocycles. The first-order valence-corrected chi connectivity index (χ1v) is 12.8. The van der Waals surface area contributed by atoms with Gasteiger partial charge < -0.3 is 38.9 Å². The molecule has 0 bridgehead atoms. The van der Waals surface area contributed by atoms with E-state index in [0.29, 0.717) is 12.0 Å². The van der Waals surface area contributed by atoms with E-state index in [1.54, 1.807) is 41.5 Å². The maximum Gasteiger partial charge on any atom is 0.514 e. The van der Waals surface area contributed by atoms with Crippen LogP contribution in [0.3, 0.4) is 0 Å². The summed E-state index contributed by atoms with van der Waals surface area (Å²) in [7, 11) is 1.18. The lowest BCUT2D eigenvalue weighted by Gasteiger charge is -2.29. The second-order valence-corrected chi connectivity index (χ2v) is 9.74. The maximum absolute atomic E-state index is 12.7. The van der Waals surface area contributed by atoms with E-state index in [1.807, 2.05) is 6.92 Å². The van der Waals surface area contributed by atoms with E-state index in [1.165, 1.54) is 25.3 Å². The van der Waals surface area contributed by atoms with Crippen molar-refractivity contribution in [1.82, 2.24) is 0 Å². The number of hydrogen-bond donors (Lipinski definition) is 1. The van der Waals surface area contributed by atoms with Crippen LogP contribution in [0.15, 0.2) is 18.2 Å². The molecule has 1 aromatic carbocycles. The summed E-state index contributed by atoms with van der Waals surface area (Å²) in [5, 5.41) is 0. The van der Waals surface area contributed by atoms with Crippen LogP contribution in [-0.2, 0) is 34.9 Å². The molecule has 1 unspecified atom stereocenters. The molecule has 0 aromatic heterocycles. The predicted molar refractivity (Wildman–Crippen MR) is 140 cm³/mol. The van der Waals surface area contributed by atoms with E-state index in [4.69, 9.17) is 38.9 Å². The highest BCUT2D eigenvalue weighted by atomic mass is 16.8. The Balaban J connectivity index is 3.19. The van der Waals surface area contributed by atoms with Gasteiger partial charge in [0.25, 0.3) is 0 Å². The summed E-state index contributed by atoms with van der Waals surface area (Å²) >= 11 is 0. The first-order valence-electron chi connectivity index (χ1n) is 12.8. The number of rotatable bonds is 13. The third kappa shape index (κ3) is 12.2. The maximum atomic E-state index is 12.7. The molecule has 0 saturated heterocycles. The van der Waals surface area contributed by atoms with E-state index in [2.05, 4.69) is 0 Å². The van der Waals surface area contributed by atoms with Crippen LogP contribution in [-0.4, -0.2) is 61.5 Å². The normalized spacial score (nSPS) is 14.0. The molecule has 2 N–H and O–H groups in total. The Morgan fingerprint density at radius 3 is 1.85 bits per heavy atom. The van der Waals surface area contributed by atoms with E-state index in [0.717, 1.165) is 6.42 Å². The van der Waals surface area contributed by atoms with Crippen molar-refractivity contribution in [2.45, 2.75) is 104 Å². The van der Waals surface area contributed by atoms with Crippen molar-refractivity contribution in [2.24, 2.45) is 5.73 Å². The third-order valence-electron chi connectivity index (χ3n) is 5.11. The standard InChI is InChI=1S/C27H41NO11/c1-9-10-18(6)36-26(32)37-19(7)14-27(28,23(29)33-8)15-20-11-12-21(38-24(30)34-16(2)3)22(13-20)39-25(31)35-17(4)5/h11-13,16-19H,9-10,14-15,28H2,1-8H3/t18-,19-,27?/m0/s1. The van der Waals surface area contributed by atoms with Gasteiger partial charge in [0.1, 0.15) is 17.7 Å². The highest BCUT2D eigenvalue weighted by Crippen LogP contribution is 2.32. The van der Waals surface area contributed by atoms with Gasteiger partial charge in [0.2, 0.25) is 0 Å². The Labute approximate surface area is 229 Å². The van der Waals surface area contributed by atoms with Gasteiger partial charge in [0.05, 0.1) is 19.3 Å². The van der Waals surface area contributed by atoms with Crippen LogP contribution in [0.2, 0.25) is 0 Å². The second kappa shape index (κ2) is 15.8. The Morgan fingerprint density at radius 2 is 1.33 bits per heavy atom. The molecule has 39 heavy (non-hydrogen) atoms. The van der Waals surface area contributed by atoms with Gasteiger partial charge in [-0.05, 0) is 65.7 Å². The van der Waals surface area contributed by atoms with Crippen LogP contribution in [0, 0.1) is 0 Å². The van der Waals surface area contributed by atoms with Crippen LogP contribution in [0.1, 0.15) is 73.3 Å². The van der Waals surface area contributed by atoms with Crippen molar-refractivity contribution < 1.29 is 52.3 Å². The van der Waals surface area contributed by atoms with Crippen LogP contribution in [0.4, 0.5) is 14.4 Å². The molecule has 0 aliphatic rings. The molecule has 0 aliphatic carbocycles. The van der Waals surface area contributed by atoms with Crippen LogP contribution < -0.4 is 15.2 Å². The topological polar surface area (TPSA) is 159 Å². The Hall–Kier alpha value is -3.54. The first kappa shape index (κ1) is 33.5. The molecule has 1 aromatic rings. The minimum absolute atomic E-state index is 0.110. The largest absolute Gasteiger partial charge is 0.514 e. The number of hydrogen-bond acceptors (Lipinski definition) is 12. The molecule has 0 radical (unpaired) electrons. The van der Waals surface area contributed by atoms with Gasteiger partial charge in [-0.3, -0.25) is 4.79 Å². The molecule has 12 heteroatoms. The lowest BCUT2D eigenvalue weighted by molar-refractivity contribution is -0.148. The van der Waals surface area contributed by atoms with E-state index >= 15 is 0 Å². The summed E-state index contributed by atoms with van der Waals surface area (Å²) < 4.78 is 35.9. The molecule has 0 saturated carbocycles. The predicted octanol–water partition coefficient (Wildman–Crippen LogP) is 5.07. The first-order chi connectivity index (χ1) is 18.2. The van der Waals surface area contributed by atoms with Crippen molar-refractivity contribution in [2.75, 3.05) is 7.11 Å². The van der Waals surface area contributed by atoms with Crippen molar-refractivity contribution in [3.05, 3.63) is 23.8 Å². The summed E-state index contributed by atoms with van der Waals surface area (Å²) in [5.41, 5.74) is 5.24. The molecule has 0 fully saturated rings. The van der Waals surface area contributed by atoms with Crippen molar-refractivity contribution in [3.8, 4) is 11.5 Å². The van der Waals surface area contributed by atoms with Gasteiger partial charge in [0, 0.05) is 12.8 Å². The number of ether oxygens (including phenoxy) is 7. The van der Waals surface area contributed by atoms with Crippen LogP contribution in [0.5, 0.6) is 11.5 Å². The molecule has 0 aliphatic heterocycles. The SMILES string of the molecule is CCC[C@H](C)OC(=O)O[C@@H](C)CC(N)(Cc1ccc(OC(=O)OC(C)C)c(OC(=O)OC(C)C)c1)C(=O)OC. The molecule has 0 spiro atoms. The second-order valence-electron chi connectivity index (χ2n) is 9.74. The monoisotopic (exact) mass is 555 g/mol. The van der Waals surface area contributed by atoms with Gasteiger partial charge in [-0.25, -0.2) is 14.4 Å². The number of nitrogens with two attached hydrogens (primary N) is 1. The molecule has 0 amide bonds. The fraction of sp³-hybridized carbons (Fsp3) is 0.630. The Kier molecular flexibility index (Phi) is 13.5. The third-order valence-corrected chi connectivity index (χ3v) is 5.11. The van der Waals surface area contributed by atoms with Gasteiger partial charge in [-0.1, -0.05) is 19.4 Å². The molecular formula is C27H41NO11. The van der Waals surface area contributed by atoms with Gasteiger partial charge in [0.15, 0.2) is 11.5 Å². The summed E-state index contributed by atoms with van der Waals surface area (Å²) in [6.45, 7) is 11.9. The van der Waals surface area contributed by atoms with Crippen molar-refractivity contribution in [3.63, 3.8) is 0 Å². The van der Waals surface area contributed by atoms with E-state index < -0.39 is 48.3 Å². The Morgan fingerprint density at radius 1 is 0.795 bits per heavy atom. The van der Waals surface area contributed by atoms with Gasteiger partial charge >= 0.3 is 24.4 Å². The zero-order valence-electron chi connectivity index (χ0n) is 23.9. The van der Waals surface area contributed by atoms with E-state index in [9.17, 15) is 19.2 Å². The molecule has 3 atom stereocenters. The van der Waals surface area contributed by atoms with Crippen molar-refractivity contribution in [1.29, 1.82) is 0 Å². The lowest BCUT2D eigenvalue weighted by atomic mass is 9.86. The highest BCUT2D eigenvalue weighted by Gasteiger charge is 2.38. The summed E-state index contributed by atoms with van der Waals surface area (Å²) in [4.78, 5) is 49.1. The quantitative estimate of drug-likeness (QED) is 0.196. The van der Waals surface area contributed by atoms with Gasteiger partial charge in [-0.15, -0.1) is 0 Å². The number of carbonyl (C=O) groups is 4. The zero-order valence-corrected chi connectivity index (χ0v) is 23.9. The van der Waals surface area contributed by atoms with Crippen LogP contribution in [0.25, 0.3) is 0 Å². The summed E-state index contributed by atoms with van der Waals surface area (Å²) in [6.07, 6.45) is -3.65. The molecular weight excluding hydrogens is 514 g/mol. The average molecular weight is 556 g/mol. The fourth-order valence-corrected chi connectivity index (χ4v) is 3.61.